The number of amides is 1. The molecule has 2 aromatic rings. The predicted molar refractivity (Wildman–Crippen MR) is 99.5 cm³/mol. The molecule has 0 bridgehead atoms. The predicted octanol–water partition coefficient (Wildman–Crippen LogP) is 0.824. The van der Waals surface area contributed by atoms with Gasteiger partial charge in [-0.25, -0.2) is 18.4 Å². The van der Waals surface area contributed by atoms with Crippen molar-refractivity contribution in [3.8, 4) is 11.5 Å². The maximum atomic E-state index is 12.2. The Hall–Kier alpha value is -3.11. The molecule has 0 fully saturated rings. The highest BCUT2D eigenvalue weighted by molar-refractivity contribution is 7.89. The molecule has 0 radical (unpaired) electrons. The molecule has 9 nitrogen and oxygen atoms in total. The van der Waals surface area contributed by atoms with Gasteiger partial charge in [-0.2, -0.15) is 0 Å². The molecule has 0 heterocycles. The first-order valence-electron chi connectivity index (χ1n) is 8.02. The first kappa shape index (κ1) is 21.2. The molecule has 1 amide bonds. The van der Waals surface area contributed by atoms with E-state index in [1.54, 1.807) is 31.4 Å². The number of hydrogen-bond acceptors (Lipinski definition) is 7. The summed E-state index contributed by atoms with van der Waals surface area (Å²) < 4.78 is 37.9. The number of hydrogen-bond donors (Lipinski definition) is 2. The van der Waals surface area contributed by atoms with Crippen molar-refractivity contribution in [1.82, 2.24) is 5.32 Å². The molecule has 0 aliphatic carbocycles. The molecule has 150 valence electrons. The van der Waals surface area contributed by atoms with Gasteiger partial charge in [0.2, 0.25) is 10.0 Å². The standard InChI is InChI=1S/C18H20N2O7S/c1-25-13-5-3-12(4-6-13)10-20-17(21)11-27-18(22)15-9-14(28(19,23)24)7-8-16(15)26-2/h3-9H,10-11H2,1-2H3,(H,20,21)(H2,19,23,24). The van der Waals surface area contributed by atoms with Crippen LogP contribution in [0.5, 0.6) is 11.5 Å². The minimum absolute atomic E-state index is 0.0936. The Balaban J connectivity index is 1.96. The van der Waals surface area contributed by atoms with Crippen molar-refractivity contribution in [1.29, 1.82) is 0 Å². The lowest BCUT2D eigenvalue weighted by atomic mass is 10.2. The summed E-state index contributed by atoms with van der Waals surface area (Å²) in [5, 5.41) is 7.66. The van der Waals surface area contributed by atoms with Crippen LogP contribution < -0.4 is 19.9 Å². The van der Waals surface area contributed by atoms with Crippen LogP contribution in [0, 0.1) is 0 Å². The highest BCUT2D eigenvalue weighted by Gasteiger charge is 2.19. The Morgan fingerprint density at radius 1 is 1.04 bits per heavy atom. The van der Waals surface area contributed by atoms with E-state index < -0.39 is 28.5 Å². The summed E-state index contributed by atoms with van der Waals surface area (Å²) in [5.41, 5.74) is 0.681. The van der Waals surface area contributed by atoms with Crippen LogP contribution in [-0.4, -0.2) is 41.1 Å². The number of carbonyl (C=O) groups is 2. The number of benzene rings is 2. The quantitative estimate of drug-likeness (QED) is 0.618. The minimum atomic E-state index is -4.01. The third kappa shape index (κ3) is 5.69. The molecule has 0 aliphatic heterocycles. The molecule has 0 atom stereocenters. The summed E-state index contributed by atoms with van der Waals surface area (Å²) in [6.45, 7) is -0.303. The topological polar surface area (TPSA) is 134 Å². The minimum Gasteiger partial charge on any atom is -0.497 e. The lowest BCUT2D eigenvalue weighted by molar-refractivity contribution is -0.124. The first-order chi connectivity index (χ1) is 13.2. The van der Waals surface area contributed by atoms with Crippen molar-refractivity contribution in [2.24, 2.45) is 5.14 Å². The Bertz CT molecular complexity index is 956. The fourth-order valence-electron chi connectivity index (χ4n) is 2.23. The number of nitrogens with one attached hydrogen (secondary N) is 1. The van der Waals surface area contributed by atoms with Crippen LogP contribution >= 0.6 is 0 Å². The molecule has 10 heteroatoms. The van der Waals surface area contributed by atoms with E-state index in [0.717, 1.165) is 11.6 Å². The van der Waals surface area contributed by atoms with Crippen LogP contribution in [0.25, 0.3) is 0 Å². The average Bonchev–Trinajstić information content (AvgIpc) is 2.69. The van der Waals surface area contributed by atoms with E-state index in [0.29, 0.717) is 5.75 Å². The van der Waals surface area contributed by atoms with E-state index in [4.69, 9.17) is 19.3 Å². The Morgan fingerprint density at radius 3 is 2.29 bits per heavy atom. The number of esters is 1. The number of ether oxygens (including phenoxy) is 3. The number of primary sulfonamides is 1. The highest BCUT2D eigenvalue weighted by Crippen LogP contribution is 2.22. The maximum Gasteiger partial charge on any atom is 0.342 e. The zero-order valence-electron chi connectivity index (χ0n) is 15.3. The van der Waals surface area contributed by atoms with Crippen LogP contribution in [0.1, 0.15) is 15.9 Å². The molecular formula is C18H20N2O7S. The molecule has 3 N–H and O–H groups in total. The lowest BCUT2D eigenvalue weighted by Gasteiger charge is -2.10. The number of nitrogens with two attached hydrogens (primary N) is 1. The normalized spacial score (nSPS) is 10.8. The van der Waals surface area contributed by atoms with Gasteiger partial charge >= 0.3 is 5.97 Å². The number of methoxy groups -OCH3 is 2. The SMILES string of the molecule is COc1ccc(CNC(=O)COC(=O)c2cc(S(N)(=O)=O)ccc2OC)cc1. The molecule has 2 aromatic carbocycles. The third-order valence-electron chi connectivity index (χ3n) is 3.70. The molecule has 0 spiro atoms. The van der Waals surface area contributed by atoms with Crippen LogP contribution in [-0.2, 0) is 26.1 Å². The second-order valence-corrected chi connectivity index (χ2v) is 7.17. The number of rotatable bonds is 8. The number of sulfonamides is 1. The number of carbonyl (C=O) groups excluding carboxylic acids is 2. The van der Waals surface area contributed by atoms with E-state index in [1.165, 1.54) is 19.2 Å². The first-order valence-corrected chi connectivity index (χ1v) is 9.57. The van der Waals surface area contributed by atoms with E-state index in [1.807, 2.05) is 0 Å². The molecule has 2 rings (SSSR count). The van der Waals surface area contributed by atoms with Gasteiger partial charge < -0.3 is 19.5 Å². The van der Waals surface area contributed by atoms with Crippen LogP contribution in [0.2, 0.25) is 0 Å². The van der Waals surface area contributed by atoms with Gasteiger partial charge in [-0.3, -0.25) is 4.79 Å². The van der Waals surface area contributed by atoms with Crippen LogP contribution in [0.4, 0.5) is 0 Å². The van der Waals surface area contributed by atoms with Crippen LogP contribution in [0.3, 0.4) is 0 Å². The zero-order chi connectivity index (χ0) is 20.7. The van der Waals surface area contributed by atoms with Gasteiger partial charge in [-0.1, -0.05) is 12.1 Å². The molecule has 0 saturated heterocycles. The van der Waals surface area contributed by atoms with E-state index >= 15 is 0 Å². The molecule has 28 heavy (non-hydrogen) atoms. The highest BCUT2D eigenvalue weighted by atomic mass is 32.2. The summed E-state index contributed by atoms with van der Waals surface area (Å²) in [5.74, 6) is -0.650. The summed E-state index contributed by atoms with van der Waals surface area (Å²) in [7, 11) is -1.15. The molecule has 0 aliphatic rings. The van der Waals surface area contributed by atoms with Gasteiger partial charge in [0.15, 0.2) is 6.61 Å². The van der Waals surface area contributed by atoms with Crippen molar-refractivity contribution in [2.75, 3.05) is 20.8 Å². The van der Waals surface area contributed by atoms with Crippen molar-refractivity contribution in [3.05, 3.63) is 53.6 Å². The fourth-order valence-corrected chi connectivity index (χ4v) is 2.77. The van der Waals surface area contributed by atoms with Gasteiger partial charge in [-0.05, 0) is 35.9 Å². The van der Waals surface area contributed by atoms with E-state index in [9.17, 15) is 18.0 Å². The monoisotopic (exact) mass is 408 g/mol. The Morgan fingerprint density at radius 2 is 1.71 bits per heavy atom. The molecule has 0 aromatic heterocycles. The van der Waals surface area contributed by atoms with Gasteiger partial charge in [-0.15, -0.1) is 0 Å². The zero-order valence-corrected chi connectivity index (χ0v) is 16.1. The van der Waals surface area contributed by atoms with Gasteiger partial charge in [0.05, 0.1) is 19.1 Å². The summed E-state index contributed by atoms with van der Waals surface area (Å²) in [6, 6.07) is 10.6. The van der Waals surface area contributed by atoms with Crippen molar-refractivity contribution in [2.45, 2.75) is 11.4 Å². The summed E-state index contributed by atoms with van der Waals surface area (Å²) in [4.78, 5) is 23.8. The second-order valence-electron chi connectivity index (χ2n) is 5.61. The van der Waals surface area contributed by atoms with Crippen molar-refractivity contribution < 1.29 is 32.2 Å². The lowest BCUT2D eigenvalue weighted by Crippen LogP contribution is -2.28. The van der Waals surface area contributed by atoms with Crippen molar-refractivity contribution >= 4 is 21.9 Å². The van der Waals surface area contributed by atoms with Crippen molar-refractivity contribution in [3.63, 3.8) is 0 Å². The Labute approximate surface area is 162 Å². The smallest absolute Gasteiger partial charge is 0.342 e. The summed E-state index contributed by atoms with van der Waals surface area (Å²) in [6.07, 6.45) is 0. The summed E-state index contributed by atoms with van der Waals surface area (Å²) >= 11 is 0. The molecule has 0 unspecified atom stereocenters. The Kier molecular flexibility index (Phi) is 6.96. The van der Waals surface area contributed by atoms with Gasteiger partial charge in [0, 0.05) is 6.54 Å². The fraction of sp³-hybridized carbons (Fsp3) is 0.222. The molecular weight excluding hydrogens is 388 g/mol. The average molecular weight is 408 g/mol. The van der Waals surface area contributed by atoms with Gasteiger partial charge in [0.25, 0.3) is 5.91 Å². The van der Waals surface area contributed by atoms with E-state index in [2.05, 4.69) is 5.32 Å². The third-order valence-corrected chi connectivity index (χ3v) is 4.61. The largest absolute Gasteiger partial charge is 0.497 e. The van der Waals surface area contributed by atoms with Gasteiger partial charge in [0.1, 0.15) is 17.1 Å². The maximum absolute atomic E-state index is 12.2. The van der Waals surface area contributed by atoms with Crippen LogP contribution in [0.15, 0.2) is 47.4 Å². The molecule has 0 saturated carbocycles. The second kappa shape index (κ2) is 9.20. The van der Waals surface area contributed by atoms with E-state index in [-0.39, 0.29) is 22.8 Å².